The molecule has 0 saturated heterocycles. The highest BCUT2D eigenvalue weighted by molar-refractivity contribution is 6.10. The van der Waals surface area contributed by atoms with Gasteiger partial charge in [-0.15, -0.1) is 0 Å². The lowest BCUT2D eigenvalue weighted by molar-refractivity contribution is 0.0803. The van der Waals surface area contributed by atoms with Crippen molar-refractivity contribution in [2.24, 2.45) is 23.2 Å². The first-order valence-corrected chi connectivity index (χ1v) is 15.3. The van der Waals surface area contributed by atoms with Gasteiger partial charge in [-0.25, -0.2) is 0 Å². The monoisotopic (exact) mass is 543 g/mol. The fourth-order valence-electron chi connectivity index (χ4n) is 7.03. The molecule has 0 saturated carbocycles. The first kappa shape index (κ1) is 28.9. The van der Waals surface area contributed by atoms with Gasteiger partial charge in [0.2, 0.25) is 0 Å². The van der Waals surface area contributed by atoms with Crippen LogP contribution in [0.25, 0.3) is 10.9 Å². The summed E-state index contributed by atoms with van der Waals surface area (Å²) in [7, 11) is 0. The van der Waals surface area contributed by atoms with Crippen LogP contribution in [0.1, 0.15) is 86.0 Å². The third-order valence-electron chi connectivity index (χ3n) is 9.22. The zero-order chi connectivity index (χ0) is 29.1. The molecule has 0 bridgehead atoms. The molecular formula is C39H45NO. The van der Waals surface area contributed by atoms with Gasteiger partial charge in [0.1, 0.15) is 0 Å². The van der Waals surface area contributed by atoms with Crippen molar-refractivity contribution < 1.29 is 4.79 Å². The Hall–Kier alpha value is -3.65. The van der Waals surface area contributed by atoms with Crippen molar-refractivity contribution in [3.05, 3.63) is 131 Å². The lowest BCUT2D eigenvalue weighted by Crippen LogP contribution is -2.43. The highest BCUT2D eigenvalue weighted by Crippen LogP contribution is 2.56. The minimum atomic E-state index is -0.441. The number of aromatic amines is 1. The Balaban J connectivity index is 1.61. The van der Waals surface area contributed by atoms with Gasteiger partial charge in [0.25, 0.3) is 0 Å². The molecule has 2 nitrogen and oxygen atoms in total. The second-order valence-corrected chi connectivity index (χ2v) is 13.0. The molecule has 0 radical (unpaired) electrons. The van der Waals surface area contributed by atoms with E-state index in [4.69, 9.17) is 0 Å². The number of Topliss-reactive ketones (excluding diaryl/α,β-unsaturated/α-hetero) is 1. The summed E-state index contributed by atoms with van der Waals surface area (Å²) in [6.07, 6.45) is 12.8. The van der Waals surface area contributed by atoms with Crippen molar-refractivity contribution in [1.29, 1.82) is 0 Å². The minimum Gasteiger partial charge on any atom is -0.360 e. The third-order valence-corrected chi connectivity index (χ3v) is 9.22. The maximum absolute atomic E-state index is 14.6. The number of H-pyrrole nitrogens is 1. The number of rotatable bonds is 10. The largest absolute Gasteiger partial charge is 0.360 e. The molecule has 2 heteroatoms. The lowest BCUT2D eigenvalue weighted by atomic mass is 9.54. The molecular weight excluding hydrogens is 498 g/mol. The Labute approximate surface area is 246 Å². The smallest absolute Gasteiger partial charge is 0.172 e. The summed E-state index contributed by atoms with van der Waals surface area (Å²) in [6, 6.07) is 26.4. The van der Waals surface area contributed by atoms with Crippen LogP contribution in [0.15, 0.2) is 103 Å². The second kappa shape index (κ2) is 12.1. The molecule has 5 rings (SSSR count). The van der Waals surface area contributed by atoms with Crippen LogP contribution in [0.5, 0.6) is 0 Å². The predicted octanol–water partition coefficient (Wildman–Crippen LogP) is 10.1. The van der Waals surface area contributed by atoms with E-state index in [1.165, 1.54) is 22.3 Å². The molecule has 0 spiro atoms. The summed E-state index contributed by atoms with van der Waals surface area (Å²) in [5, 5.41) is 0.991. The van der Waals surface area contributed by atoms with Crippen molar-refractivity contribution >= 4 is 16.7 Å². The Kier molecular flexibility index (Phi) is 8.50. The molecule has 4 aromatic rings. The minimum absolute atomic E-state index is 0.112. The molecule has 3 atom stereocenters. The first-order valence-electron chi connectivity index (χ1n) is 15.3. The summed E-state index contributed by atoms with van der Waals surface area (Å²) in [5.41, 5.74) is 6.61. The van der Waals surface area contributed by atoms with E-state index in [1.54, 1.807) is 0 Å². The summed E-state index contributed by atoms with van der Waals surface area (Å²) in [5.74, 6) is 1.33. The fourth-order valence-corrected chi connectivity index (χ4v) is 7.03. The standard InChI is InChI=1S/C39H45NO/c1-26(2)23-30-14-18-32(19-15-30)28(5)39(29(6)33-20-16-31(17-21-33)24-27(3)4)22-10-9-12-36(39)38(41)35-25-40-37-13-8-7-11-34(35)37/h7-22,25-29,36,40H,23-24H2,1-6H3. The molecule has 1 aromatic heterocycles. The Morgan fingerprint density at radius 3 is 1.80 bits per heavy atom. The third kappa shape index (κ3) is 5.75. The van der Waals surface area contributed by atoms with E-state index >= 15 is 0 Å². The molecule has 3 aromatic carbocycles. The molecule has 0 fully saturated rings. The fraction of sp³-hybridized carbons (Fsp3) is 0.359. The number of nitrogens with one attached hydrogen (secondary N) is 1. The summed E-state index contributed by atoms with van der Waals surface area (Å²) in [4.78, 5) is 17.9. The van der Waals surface area contributed by atoms with Crippen LogP contribution in [-0.4, -0.2) is 10.8 Å². The van der Waals surface area contributed by atoms with Crippen LogP contribution >= 0.6 is 0 Å². The molecule has 41 heavy (non-hydrogen) atoms. The van der Waals surface area contributed by atoms with E-state index in [-0.39, 0.29) is 23.5 Å². The van der Waals surface area contributed by atoms with Gasteiger partial charge in [0.05, 0.1) is 5.92 Å². The van der Waals surface area contributed by atoms with Gasteiger partial charge in [-0.05, 0) is 64.8 Å². The van der Waals surface area contributed by atoms with E-state index in [9.17, 15) is 4.79 Å². The normalized spacial score (nSPS) is 20.1. The van der Waals surface area contributed by atoms with Gasteiger partial charge < -0.3 is 4.98 Å². The number of hydrogen-bond acceptors (Lipinski definition) is 1. The molecule has 1 heterocycles. The van der Waals surface area contributed by atoms with E-state index in [1.807, 2.05) is 24.4 Å². The molecule has 1 aliphatic rings. The molecule has 0 amide bonds. The Morgan fingerprint density at radius 1 is 0.732 bits per heavy atom. The zero-order valence-corrected chi connectivity index (χ0v) is 25.5. The van der Waals surface area contributed by atoms with Crippen molar-refractivity contribution in [2.75, 3.05) is 0 Å². The first-order chi connectivity index (χ1) is 19.7. The number of ketones is 1. The van der Waals surface area contributed by atoms with Crippen LogP contribution in [0.3, 0.4) is 0 Å². The number of allylic oxidation sites excluding steroid dienone is 4. The van der Waals surface area contributed by atoms with Crippen LogP contribution in [0.4, 0.5) is 0 Å². The van der Waals surface area contributed by atoms with Crippen LogP contribution in [-0.2, 0) is 12.8 Å². The summed E-state index contributed by atoms with van der Waals surface area (Å²) in [6.45, 7) is 13.7. The lowest BCUT2D eigenvalue weighted by Gasteiger charge is -2.47. The second-order valence-electron chi connectivity index (χ2n) is 13.0. The number of hydrogen-bond donors (Lipinski definition) is 1. The quantitative estimate of drug-likeness (QED) is 0.198. The van der Waals surface area contributed by atoms with E-state index < -0.39 is 5.41 Å². The topological polar surface area (TPSA) is 32.9 Å². The molecule has 3 unspecified atom stereocenters. The number of carbonyl (C=O) groups excluding carboxylic acids is 1. The Bertz CT molecular complexity index is 1470. The summed E-state index contributed by atoms with van der Waals surface area (Å²) >= 11 is 0. The van der Waals surface area contributed by atoms with Gasteiger partial charge in [0.15, 0.2) is 5.78 Å². The van der Waals surface area contributed by atoms with E-state index in [0.29, 0.717) is 11.8 Å². The zero-order valence-electron chi connectivity index (χ0n) is 25.5. The van der Waals surface area contributed by atoms with Crippen molar-refractivity contribution in [3.63, 3.8) is 0 Å². The highest BCUT2D eigenvalue weighted by Gasteiger charge is 2.49. The molecule has 212 valence electrons. The predicted molar refractivity (Wildman–Crippen MR) is 174 cm³/mol. The maximum atomic E-state index is 14.6. The van der Waals surface area contributed by atoms with Crippen molar-refractivity contribution in [1.82, 2.24) is 4.98 Å². The maximum Gasteiger partial charge on any atom is 0.172 e. The number of aromatic nitrogens is 1. The van der Waals surface area contributed by atoms with Gasteiger partial charge in [0, 0.05) is 28.1 Å². The molecule has 1 N–H and O–H groups in total. The SMILES string of the molecule is CC(C)Cc1ccc(C(C)C2(C(C)c3ccc(CC(C)C)cc3)C=CC=CC2C(=O)c2c[nH]c3ccccc23)cc1. The van der Waals surface area contributed by atoms with Crippen molar-refractivity contribution in [2.45, 2.75) is 66.2 Å². The average Bonchev–Trinajstić information content (AvgIpc) is 3.40. The van der Waals surface area contributed by atoms with Gasteiger partial charge >= 0.3 is 0 Å². The van der Waals surface area contributed by atoms with Gasteiger partial charge in [-0.3, -0.25) is 4.79 Å². The van der Waals surface area contributed by atoms with E-state index in [2.05, 4.69) is 125 Å². The number of para-hydroxylation sites is 1. The van der Waals surface area contributed by atoms with Gasteiger partial charge in [-0.1, -0.05) is 133 Å². The van der Waals surface area contributed by atoms with Crippen molar-refractivity contribution in [3.8, 4) is 0 Å². The van der Waals surface area contributed by atoms with Crippen LogP contribution < -0.4 is 0 Å². The number of fused-ring (bicyclic) bond motifs is 1. The Morgan fingerprint density at radius 2 is 1.27 bits per heavy atom. The number of carbonyl (C=O) groups is 1. The van der Waals surface area contributed by atoms with Crippen LogP contribution in [0.2, 0.25) is 0 Å². The van der Waals surface area contributed by atoms with E-state index in [0.717, 1.165) is 29.3 Å². The molecule has 1 aliphatic carbocycles. The highest BCUT2D eigenvalue weighted by atomic mass is 16.1. The summed E-state index contributed by atoms with van der Waals surface area (Å²) < 4.78 is 0. The average molecular weight is 544 g/mol. The van der Waals surface area contributed by atoms with Crippen LogP contribution in [0, 0.1) is 23.2 Å². The molecule has 0 aliphatic heterocycles. The number of benzene rings is 3. The van der Waals surface area contributed by atoms with Gasteiger partial charge in [-0.2, -0.15) is 0 Å².